The third kappa shape index (κ3) is 3.75. The van der Waals surface area contributed by atoms with Gasteiger partial charge in [-0.15, -0.1) is 0 Å². The molecule has 0 heterocycles. The maximum atomic E-state index is 11.0. The van der Waals surface area contributed by atoms with Crippen LogP contribution in [-0.2, 0) is 6.54 Å². The van der Waals surface area contributed by atoms with Crippen molar-refractivity contribution in [3.05, 3.63) is 39.9 Å². The molecule has 0 saturated heterocycles. The zero-order chi connectivity index (χ0) is 13.8. The Morgan fingerprint density at radius 2 is 2.16 bits per heavy atom. The first kappa shape index (κ1) is 14.0. The number of aliphatic hydroxyl groups excluding tert-OH is 1. The second kappa shape index (κ2) is 6.12. The first-order valence-electron chi connectivity index (χ1n) is 6.76. The molecule has 0 amide bonds. The quantitative estimate of drug-likeness (QED) is 0.606. The van der Waals surface area contributed by atoms with Gasteiger partial charge in [0.25, 0.3) is 5.69 Å². The number of nitro groups is 1. The summed E-state index contributed by atoms with van der Waals surface area (Å²) in [5.74, 6) is 0. The van der Waals surface area contributed by atoms with Crippen LogP contribution in [0.4, 0.5) is 5.69 Å². The third-order valence-corrected chi connectivity index (χ3v) is 3.54. The van der Waals surface area contributed by atoms with Crippen molar-refractivity contribution in [2.75, 3.05) is 6.54 Å². The fourth-order valence-electron chi connectivity index (χ4n) is 2.22. The van der Waals surface area contributed by atoms with Crippen LogP contribution in [0.25, 0.3) is 0 Å². The van der Waals surface area contributed by atoms with Crippen molar-refractivity contribution in [1.82, 2.24) is 4.90 Å². The summed E-state index contributed by atoms with van der Waals surface area (Å²) in [5.41, 5.74) is 0.891. The van der Waals surface area contributed by atoms with Gasteiger partial charge in [-0.1, -0.05) is 25.1 Å². The maximum Gasteiger partial charge on any atom is 0.273 e. The molecule has 5 heteroatoms. The van der Waals surface area contributed by atoms with Crippen molar-refractivity contribution in [3.63, 3.8) is 0 Å². The average molecular weight is 264 g/mol. The van der Waals surface area contributed by atoms with Crippen LogP contribution in [0.15, 0.2) is 24.3 Å². The molecule has 0 bridgehead atoms. The minimum absolute atomic E-state index is 0.166. The van der Waals surface area contributed by atoms with E-state index >= 15 is 0 Å². The van der Waals surface area contributed by atoms with E-state index in [1.807, 2.05) is 13.0 Å². The lowest BCUT2D eigenvalue weighted by molar-refractivity contribution is -0.385. The molecule has 104 valence electrons. The van der Waals surface area contributed by atoms with Gasteiger partial charge in [0.05, 0.1) is 11.0 Å². The normalized spacial score (nSPS) is 16.6. The summed E-state index contributed by atoms with van der Waals surface area (Å²) >= 11 is 0. The fraction of sp³-hybridized carbons (Fsp3) is 0.571. The van der Waals surface area contributed by atoms with E-state index in [-0.39, 0.29) is 16.7 Å². The second-order valence-corrected chi connectivity index (χ2v) is 5.11. The molecule has 1 N–H and O–H groups in total. The Kier molecular flexibility index (Phi) is 4.50. The molecule has 1 aliphatic carbocycles. The number of rotatable bonds is 7. The van der Waals surface area contributed by atoms with E-state index in [2.05, 4.69) is 4.90 Å². The van der Waals surface area contributed by atoms with E-state index in [4.69, 9.17) is 0 Å². The van der Waals surface area contributed by atoms with E-state index in [1.54, 1.807) is 12.1 Å². The molecule has 1 atom stereocenters. The Balaban J connectivity index is 2.10. The first-order chi connectivity index (χ1) is 9.11. The summed E-state index contributed by atoms with van der Waals surface area (Å²) in [4.78, 5) is 12.8. The number of benzene rings is 1. The van der Waals surface area contributed by atoms with Gasteiger partial charge < -0.3 is 5.11 Å². The summed E-state index contributed by atoms with van der Waals surface area (Å²) in [6.07, 6.45) is 2.59. The van der Waals surface area contributed by atoms with Gasteiger partial charge in [-0.2, -0.15) is 0 Å². The van der Waals surface area contributed by atoms with Gasteiger partial charge in [-0.05, 0) is 19.3 Å². The van der Waals surface area contributed by atoms with E-state index in [0.29, 0.717) is 25.6 Å². The lowest BCUT2D eigenvalue weighted by atomic mass is 10.1. The van der Waals surface area contributed by atoms with E-state index < -0.39 is 0 Å². The van der Waals surface area contributed by atoms with Crippen LogP contribution in [-0.4, -0.2) is 33.6 Å². The predicted molar refractivity (Wildman–Crippen MR) is 72.8 cm³/mol. The highest BCUT2D eigenvalue weighted by Gasteiger charge is 2.31. The summed E-state index contributed by atoms with van der Waals surface area (Å²) in [6.45, 7) is 3.08. The van der Waals surface area contributed by atoms with E-state index in [9.17, 15) is 15.2 Å². The van der Waals surface area contributed by atoms with Crippen molar-refractivity contribution < 1.29 is 10.0 Å². The molecule has 1 aromatic carbocycles. The predicted octanol–water partition coefficient (Wildman–Crippen LogP) is 2.33. The number of hydrogen-bond acceptors (Lipinski definition) is 4. The Hall–Kier alpha value is -1.46. The standard InChI is InChI=1S/C14H20N2O3/c1-2-13(17)10-15(12-7-8-12)9-11-5-3-4-6-14(11)16(18)19/h3-6,12-13,17H,2,7-10H2,1H3/t13-/m1/s1. The number of aliphatic hydroxyl groups is 1. The minimum Gasteiger partial charge on any atom is -0.392 e. The molecule has 0 aliphatic heterocycles. The molecule has 1 saturated carbocycles. The molecule has 2 rings (SSSR count). The summed E-state index contributed by atoms with van der Waals surface area (Å²) in [7, 11) is 0. The third-order valence-electron chi connectivity index (χ3n) is 3.54. The minimum atomic E-state index is -0.358. The van der Waals surface area contributed by atoms with Gasteiger partial charge in [-0.3, -0.25) is 15.0 Å². The van der Waals surface area contributed by atoms with Crippen molar-refractivity contribution >= 4 is 5.69 Å². The number of nitrogens with zero attached hydrogens (tertiary/aromatic N) is 2. The zero-order valence-electron chi connectivity index (χ0n) is 11.2. The van der Waals surface area contributed by atoms with Crippen LogP contribution in [0.3, 0.4) is 0 Å². The lowest BCUT2D eigenvalue weighted by Gasteiger charge is -2.24. The van der Waals surface area contributed by atoms with Gasteiger partial charge in [0, 0.05) is 30.8 Å². The second-order valence-electron chi connectivity index (χ2n) is 5.11. The van der Waals surface area contributed by atoms with Gasteiger partial charge in [0.1, 0.15) is 0 Å². The van der Waals surface area contributed by atoms with Gasteiger partial charge in [-0.25, -0.2) is 0 Å². The molecule has 1 aromatic rings. The van der Waals surface area contributed by atoms with Crippen LogP contribution in [0.2, 0.25) is 0 Å². The Morgan fingerprint density at radius 1 is 1.47 bits per heavy atom. The number of hydrogen-bond donors (Lipinski definition) is 1. The van der Waals surface area contributed by atoms with Crippen LogP contribution in [0.1, 0.15) is 31.7 Å². The Morgan fingerprint density at radius 3 is 2.74 bits per heavy atom. The molecule has 19 heavy (non-hydrogen) atoms. The molecule has 0 radical (unpaired) electrons. The summed E-state index contributed by atoms with van der Waals surface area (Å²) in [6, 6.07) is 7.32. The first-order valence-corrected chi connectivity index (χ1v) is 6.76. The Labute approximate surface area is 113 Å². The van der Waals surface area contributed by atoms with Gasteiger partial charge >= 0.3 is 0 Å². The zero-order valence-corrected chi connectivity index (χ0v) is 11.2. The van der Waals surface area contributed by atoms with Crippen molar-refractivity contribution in [1.29, 1.82) is 0 Å². The van der Waals surface area contributed by atoms with Crippen molar-refractivity contribution in [2.45, 2.75) is 44.9 Å². The fourth-order valence-corrected chi connectivity index (χ4v) is 2.22. The smallest absolute Gasteiger partial charge is 0.273 e. The molecule has 0 aromatic heterocycles. The Bertz CT molecular complexity index is 446. The number of para-hydroxylation sites is 1. The maximum absolute atomic E-state index is 11.0. The highest BCUT2D eigenvalue weighted by Crippen LogP contribution is 2.30. The van der Waals surface area contributed by atoms with Crippen LogP contribution >= 0.6 is 0 Å². The molecular weight excluding hydrogens is 244 g/mol. The SMILES string of the molecule is CC[C@@H](O)CN(Cc1ccccc1[N+](=O)[O-])C1CC1. The van der Waals surface area contributed by atoms with E-state index in [0.717, 1.165) is 18.4 Å². The highest BCUT2D eigenvalue weighted by atomic mass is 16.6. The van der Waals surface area contributed by atoms with Gasteiger partial charge in [0.15, 0.2) is 0 Å². The highest BCUT2D eigenvalue weighted by molar-refractivity contribution is 5.39. The molecule has 1 fully saturated rings. The monoisotopic (exact) mass is 264 g/mol. The average Bonchev–Trinajstić information content (AvgIpc) is 3.22. The molecule has 5 nitrogen and oxygen atoms in total. The number of nitro benzene ring substituents is 1. The van der Waals surface area contributed by atoms with Crippen molar-refractivity contribution in [3.8, 4) is 0 Å². The summed E-state index contributed by atoms with van der Waals surface area (Å²) in [5, 5.41) is 20.8. The van der Waals surface area contributed by atoms with Gasteiger partial charge in [0.2, 0.25) is 0 Å². The topological polar surface area (TPSA) is 66.6 Å². The molecule has 1 aliphatic rings. The van der Waals surface area contributed by atoms with Crippen LogP contribution in [0, 0.1) is 10.1 Å². The molecule has 0 spiro atoms. The lowest BCUT2D eigenvalue weighted by Crippen LogP contribution is -2.33. The van der Waals surface area contributed by atoms with Crippen LogP contribution in [0.5, 0.6) is 0 Å². The summed E-state index contributed by atoms with van der Waals surface area (Å²) < 4.78 is 0. The molecule has 0 unspecified atom stereocenters. The van der Waals surface area contributed by atoms with Crippen LogP contribution < -0.4 is 0 Å². The largest absolute Gasteiger partial charge is 0.392 e. The van der Waals surface area contributed by atoms with Crippen molar-refractivity contribution in [2.24, 2.45) is 0 Å². The van der Waals surface area contributed by atoms with E-state index in [1.165, 1.54) is 6.07 Å². The molecular formula is C14H20N2O3.